The van der Waals surface area contributed by atoms with E-state index in [0.717, 1.165) is 6.42 Å². The maximum Gasteiger partial charge on any atom is 0.327 e. The Morgan fingerprint density at radius 2 is 2.25 bits per heavy atom. The lowest BCUT2D eigenvalue weighted by molar-refractivity contribution is -0.315. The molecular weight excluding hydrogens is 204 g/mol. The Morgan fingerprint density at radius 3 is 2.94 bits per heavy atom. The third kappa shape index (κ3) is 2.26. The van der Waals surface area contributed by atoms with E-state index in [4.69, 9.17) is 9.47 Å². The predicted octanol–water partition coefficient (Wildman–Crippen LogP) is 2.32. The molecule has 1 aliphatic rings. The lowest BCUT2D eigenvalue weighted by Gasteiger charge is -2.28. The zero-order valence-electron chi connectivity index (χ0n) is 9.13. The summed E-state index contributed by atoms with van der Waals surface area (Å²) in [6, 6.07) is 9.20. The lowest BCUT2D eigenvalue weighted by atomic mass is 10.0. The molecule has 1 aromatic rings. The van der Waals surface area contributed by atoms with E-state index < -0.39 is 5.97 Å². The van der Waals surface area contributed by atoms with Crippen LogP contribution in [0.1, 0.15) is 12.8 Å². The molecule has 1 aromatic carbocycles. The molecule has 0 aliphatic carbocycles. The predicted molar refractivity (Wildman–Crippen MR) is 60.9 cm³/mol. The van der Waals surface area contributed by atoms with Gasteiger partial charge in [-0.15, -0.1) is 6.58 Å². The summed E-state index contributed by atoms with van der Waals surface area (Å²) in [7, 11) is 0. The molecule has 16 heavy (non-hydrogen) atoms. The van der Waals surface area contributed by atoms with Gasteiger partial charge in [-0.3, -0.25) is 0 Å². The quantitative estimate of drug-likeness (QED) is 0.625. The van der Waals surface area contributed by atoms with Crippen molar-refractivity contribution in [1.82, 2.24) is 0 Å². The molecular formula is C13H16O3. The van der Waals surface area contributed by atoms with Gasteiger partial charge in [-0.1, -0.05) is 24.3 Å². The molecule has 0 aromatic heterocycles. The van der Waals surface area contributed by atoms with E-state index in [9.17, 15) is 5.11 Å². The van der Waals surface area contributed by atoms with Crippen LogP contribution in [0.3, 0.4) is 0 Å². The van der Waals surface area contributed by atoms with Gasteiger partial charge < -0.3 is 14.6 Å². The van der Waals surface area contributed by atoms with Crippen molar-refractivity contribution >= 4 is 0 Å². The van der Waals surface area contributed by atoms with E-state index in [1.54, 1.807) is 18.2 Å². The average Bonchev–Trinajstić information content (AvgIpc) is 2.62. The van der Waals surface area contributed by atoms with Crippen LogP contribution < -0.4 is 4.74 Å². The Kier molecular flexibility index (Phi) is 3.27. The summed E-state index contributed by atoms with van der Waals surface area (Å²) < 4.78 is 10.8. The largest absolute Gasteiger partial charge is 0.439 e. The first-order valence-electron chi connectivity index (χ1n) is 5.46. The zero-order chi connectivity index (χ0) is 11.4. The molecule has 3 nitrogen and oxygen atoms in total. The normalized spacial score (nSPS) is 28.9. The molecule has 1 heterocycles. The minimum atomic E-state index is -1.50. The number of aliphatic hydroxyl groups is 1. The van der Waals surface area contributed by atoms with Crippen molar-refractivity contribution in [3.8, 4) is 5.75 Å². The monoisotopic (exact) mass is 220 g/mol. The number of ether oxygens (including phenoxy) is 2. The van der Waals surface area contributed by atoms with Crippen LogP contribution in [0.4, 0.5) is 0 Å². The van der Waals surface area contributed by atoms with Crippen LogP contribution in [0.2, 0.25) is 0 Å². The first kappa shape index (κ1) is 11.2. The van der Waals surface area contributed by atoms with Crippen molar-refractivity contribution < 1.29 is 14.6 Å². The van der Waals surface area contributed by atoms with E-state index in [1.807, 2.05) is 18.2 Å². The van der Waals surface area contributed by atoms with Crippen LogP contribution >= 0.6 is 0 Å². The van der Waals surface area contributed by atoms with Crippen LogP contribution in [-0.2, 0) is 4.74 Å². The van der Waals surface area contributed by atoms with Crippen molar-refractivity contribution in [3.05, 3.63) is 43.0 Å². The van der Waals surface area contributed by atoms with Gasteiger partial charge in [0.25, 0.3) is 0 Å². The second-order valence-corrected chi connectivity index (χ2v) is 3.90. The summed E-state index contributed by atoms with van der Waals surface area (Å²) in [6.07, 6.45) is 3.25. The first-order chi connectivity index (χ1) is 7.74. The molecule has 2 unspecified atom stereocenters. The molecule has 0 bridgehead atoms. The van der Waals surface area contributed by atoms with Gasteiger partial charge in [-0.2, -0.15) is 0 Å². The fourth-order valence-electron chi connectivity index (χ4n) is 1.89. The van der Waals surface area contributed by atoms with Gasteiger partial charge in [0.05, 0.1) is 12.5 Å². The zero-order valence-corrected chi connectivity index (χ0v) is 9.13. The Labute approximate surface area is 95.3 Å². The fraction of sp³-hybridized carbons (Fsp3) is 0.385. The van der Waals surface area contributed by atoms with E-state index in [-0.39, 0.29) is 5.92 Å². The van der Waals surface area contributed by atoms with Gasteiger partial charge in [0, 0.05) is 0 Å². The number of para-hydroxylation sites is 1. The van der Waals surface area contributed by atoms with E-state index >= 15 is 0 Å². The van der Waals surface area contributed by atoms with Crippen LogP contribution in [0.5, 0.6) is 5.75 Å². The highest BCUT2D eigenvalue weighted by atomic mass is 16.8. The molecule has 0 spiro atoms. The van der Waals surface area contributed by atoms with Gasteiger partial charge in [0.2, 0.25) is 0 Å². The molecule has 2 atom stereocenters. The number of hydrogen-bond acceptors (Lipinski definition) is 3. The molecule has 1 N–H and O–H groups in total. The second-order valence-electron chi connectivity index (χ2n) is 3.90. The summed E-state index contributed by atoms with van der Waals surface area (Å²) in [5.41, 5.74) is 0. The van der Waals surface area contributed by atoms with Gasteiger partial charge in [-0.05, 0) is 25.0 Å². The molecule has 2 rings (SSSR count). The van der Waals surface area contributed by atoms with Crippen molar-refractivity contribution in [2.75, 3.05) is 6.61 Å². The maximum atomic E-state index is 10.2. The van der Waals surface area contributed by atoms with Gasteiger partial charge in [-0.25, -0.2) is 0 Å². The molecule has 1 saturated heterocycles. The minimum absolute atomic E-state index is 0.0507. The Balaban J connectivity index is 2.09. The van der Waals surface area contributed by atoms with Crippen molar-refractivity contribution in [2.45, 2.75) is 18.8 Å². The molecule has 86 valence electrons. The van der Waals surface area contributed by atoms with Crippen molar-refractivity contribution in [3.63, 3.8) is 0 Å². The molecule has 0 saturated carbocycles. The van der Waals surface area contributed by atoms with E-state index in [1.165, 1.54) is 0 Å². The summed E-state index contributed by atoms with van der Waals surface area (Å²) >= 11 is 0. The van der Waals surface area contributed by atoms with E-state index in [2.05, 4.69) is 6.58 Å². The average molecular weight is 220 g/mol. The third-order valence-corrected chi connectivity index (χ3v) is 2.75. The Hall–Kier alpha value is -1.32. The minimum Gasteiger partial charge on any atom is -0.439 e. The molecule has 1 fully saturated rings. The fourth-order valence-corrected chi connectivity index (χ4v) is 1.89. The van der Waals surface area contributed by atoms with Crippen LogP contribution in [0.15, 0.2) is 43.0 Å². The molecule has 1 aliphatic heterocycles. The smallest absolute Gasteiger partial charge is 0.327 e. The first-order valence-corrected chi connectivity index (χ1v) is 5.46. The molecule has 3 heteroatoms. The van der Waals surface area contributed by atoms with Crippen molar-refractivity contribution in [2.24, 2.45) is 5.92 Å². The third-order valence-electron chi connectivity index (χ3n) is 2.75. The topological polar surface area (TPSA) is 38.7 Å². The SMILES string of the molecule is C=CCC1CCOC1(O)Oc1ccccc1. The number of hydrogen-bond donors (Lipinski definition) is 1. The number of rotatable bonds is 4. The van der Waals surface area contributed by atoms with Crippen LogP contribution in [0, 0.1) is 5.92 Å². The summed E-state index contributed by atoms with van der Waals surface area (Å²) in [6.45, 7) is 4.19. The van der Waals surface area contributed by atoms with Crippen molar-refractivity contribution in [1.29, 1.82) is 0 Å². The van der Waals surface area contributed by atoms with E-state index in [0.29, 0.717) is 18.8 Å². The summed E-state index contributed by atoms with van der Waals surface area (Å²) in [5.74, 6) is -0.943. The van der Waals surface area contributed by atoms with Crippen LogP contribution in [-0.4, -0.2) is 17.7 Å². The number of allylic oxidation sites excluding steroid dienone is 1. The second kappa shape index (κ2) is 4.68. The van der Waals surface area contributed by atoms with Gasteiger partial charge >= 0.3 is 5.97 Å². The highest BCUT2D eigenvalue weighted by molar-refractivity contribution is 5.21. The molecule has 0 amide bonds. The van der Waals surface area contributed by atoms with Crippen LogP contribution in [0.25, 0.3) is 0 Å². The lowest BCUT2D eigenvalue weighted by Crippen LogP contribution is -2.41. The highest BCUT2D eigenvalue weighted by Gasteiger charge is 2.44. The maximum absolute atomic E-state index is 10.2. The van der Waals surface area contributed by atoms with Gasteiger partial charge in [0.1, 0.15) is 5.75 Å². The Morgan fingerprint density at radius 1 is 1.50 bits per heavy atom. The van der Waals surface area contributed by atoms with Gasteiger partial charge in [0.15, 0.2) is 0 Å². The number of benzene rings is 1. The summed E-state index contributed by atoms with van der Waals surface area (Å²) in [5, 5.41) is 10.2. The Bertz CT molecular complexity index is 349. The standard InChI is InChI=1S/C13H16O3/c1-2-6-11-9-10-15-13(11,14)16-12-7-4-3-5-8-12/h2-5,7-8,11,14H,1,6,9-10H2. The molecule has 0 radical (unpaired) electrons. The highest BCUT2D eigenvalue weighted by Crippen LogP contribution is 2.34. The summed E-state index contributed by atoms with van der Waals surface area (Å²) in [4.78, 5) is 0.